The number of esters is 2. The third-order valence-electron chi connectivity index (χ3n) is 13.3. The van der Waals surface area contributed by atoms with E-state index in [2.05, 4.69) is 26.6 Å². The lowest BCUT2D eigenvalue weighted by atomic mass is 10.0. The maximum Gasteiger partial charge on any atom is 0.408 e. The van der Waals surface area contributed by atoms with Crippen LogP contribution in [0.2, 0.25) is 0 Å². The van der Waals surface area contributed by atoms with E-state index in [1.165, 1.54) is 0 Å². The molecular weight excluding hydrogens is 1180 g/mol. The highest BCUT2D eigenvalue weighted by atomic mass is 16.6. The lowest BCUT2D eigenvalue weighted by Crippen LogP contribution is -2.43. The average Bonchev–Trinajstić information content (AvgIpc) is 3.61. The molecule has 2 aromatic rings. The molecule has 0 radical (unpaired) electrons. The van der Waals surface area contributed by atoms with Crippen molar-refractivity contribution in [1.82, 2.24) is 26.6 Å². The van der Waals surface area contributed by atoms with Crippen LogP contribution in [-0.4, -0.2) is 196 Å². The van der Waals surface area contributed by atoms with Gasteiger partial charge >= 0.3 is 24.0 Å². The summed E-state index contributed by atoms with van der Waals surface area (Å²) in [6.07, 6.45) is 11.7. The smallest absolute Gasteiger partial charge is 0.408 e. The fraction of sp³-hybridized carbons (Fsp3) is 0.697. The number of benzene rings is 2. The molecule has 0 bridgehead atoms. The Morgan fingerprint density at radius 2 is 0.780 bits per heavy atom. The van der Waals surface area contributed by atoms with E-state index in [0.29, 0.717) is 131 Å². The van der Waals surface area contributed by atoms with Gasteiger partial charge in [-0.05, 0) is 70.4 Å². The zero-order valence-electron chi connectivity index (χ0n) is 54.4. The first-order valence-electron chi connectivity index (χ1n) is 32.4. The van der Waals surface area contributed by atoms with Crippen molar-refractivity contribution in [3.05, 3.63) is 71.8 Å². The van der Waals surface area contributed by atoms with E-state index in [1.54, 1.807) is 20.8 Å². The molecule has 0 aromatic heterocycles. The van der Waals surface area contributed by atoms with Gasteiger partial charge in [-0.2, -0.15) is 0 Å². The lowest BCUT2D eigenvalue weighted by Gasteiger charge is -2.22. The molecule has 516 valence electrons. The number of unbranched alkanes of at least 4 members (excludes halogenated alkanes) is 10. The third kappa shape index (κ3) is 50.9. The maximum atomic E-state index is 13.1. The molecule has 0 saturated heterocycles. The molecule has 2 aromatic carbocycles. The number of amides is 5. The normalized spacial score (nSPS) is 11.9. The Labute approximate surface area is 538 Å². The standard InChI is InChI=1S/C66H107N5O20/c1-66(2,3)91-65(80)71-56(63(77)78)26-20-21-33-67-59(73)31-36-81-40-44-85-48-51-88-47-43-84-39-35-69-60(74)32-37-82-41-45-86-49-50-87-46-42-83-38-34-68-58(72)30-29-57(64(79)90-53-55-24-16-13-17-25-55)70-61(75)27-18-10-8-6-4-5-7-9-11-19-28-62(76)89-52-54-22-14-12-15-23-54/h12-17,22-25,56-57H,4-11,18-21,26-53H2,1-3H3,(H,67,73)(H,68,72)(H,69,74)(H,70,75)(H,71,80)(H,77,78)/t56-,57-/m0/s1. The number of carbonyl (C=O) groups excluding carboxylic acids is 7. The molecule has 6 N–H and O–H groups in total. The molecular formula is C66H107N5O20. The molecule has 91 heavy (non-hydrogen) atoms. The first-order valence-corrected chi connectivity index (χ1v) is 32.4. The minimum Gasteiger partial charge on any atom is -0.480 e. The Hall–Kier alpha value is -6.32. The lowest BCUT2D eigenvalue weighted by molar-refractivity contribution is -0.149. The minimum absolute atomic E-state index is 0.00942. The summed E-state index contributed by atoms with van der Waals surface area (Å²) in [6.45, 7) is 11.7. The largest absolute Gasteiger partial charge is 0.480 e. The second kappa shape index (κ2) is 55.3. The highest BCUT2D eigenvalue weighted by Gasteiger charge is 2.25. The number of hydrogen-bond donors (Lipinski definition) is 6. The van der Waals surface area contributed by atoms with Crippen molar-refractivity contribution < 1.29 is 95.6 Å². The molecule has 0 fully saturated rings. The van der Waals surface area contributed by atoms with Gasteiger partial charge in [0, 0.05) is 51.7 Å². The van der Waals surface area contributed by atoms with Crippen molar-refractivity contribution in [3.8, 4) is 0 Å². The molecule has 0 heterocycles. The predicted molar refractivity (Wildman–Crippen MR) is 339 cm³/mol. The minimum atomic E-state index is -1.15. The Balaban J connectivity index is 1.35. The highest BCUT2D eigenvalue weighted by Crippen LogP contribution is 2.14. The monoisotopic (exact) mass is 1290 g/mol. The zero-order chi connectivity index (χ0) is 66.1. The summed E-state index contributed by atoms with van der Waals surface area (Å²) in [5.41, 5.74) is 1.07. The topological polar surface area (TPSA) is 318 Å². The van der Waals surface area contributed by atoms with E-state index in [4.69, 9.17) is 52.1 Å². The van der Waals surface area contributed by atoms with Gasteiger partial charge in [0.15, 0.2) is 0 Å². The molecule has 2 atom stereocenters. The summed E-state index contributed by atoms with van der Waals surface area (Å²) in [7, 11) is 0. The number of nitrogens with one attached hydrogen (secondary N) is 5. The Morgan fingerprint density at radius 3 is 1.23 bits per heavy atom. The Morgan fingerprint density at radius 1 is 0.385 bits per heavy atom. The molecule has 2 rings (SSSR count). The number of rotatable bonds is 59. The van der Waals surface area contributed by atoms with Gasteiger partial charge in [-0.15, -0.1) is 0 Å². The molecule has 5 amide bonds. The van der Waals surface area contributed by atoms with E-state index in [0.717, 1.165) is 68.9 Å². The average molecular weight is 1290 g/mol. The van der Waals surface area contributed by atoms with Gasteiger partial charge in [-0.3, -0.25) is 24.0 Å². The molecule has 0 spiro atoms. The first-order chi connectivity index (χ1) is 44.1. The van der Waals surface area contributed by atoms with Crippen LogP contribution < -0.4 is 26.6 Å². The fourth-order valence-electron chi connectivity index (χ4n) is 8.45. The van der Waals surface area contributed by atoms with Crippen molar-refractivity contribution in [1.29, 1.82) is 0 Å². The van der Waals surface area contributed by atoms with E-state index in [-0.39, 0.29) is 101 Å². The van der Waals surface area contributed by atoms with Crippen LogP contribution in [0.25, 0.3) is 0 Å². The molecule has 0 saturated carbocycles. The van der Waals surface area contributed by atoms with Gasteiger partial charge < -0.3 is 83.8 Å². The summed E-state index contributed by atoms with van der Waals surface area (Å²) >= 11 is 0. The van der Waals surface area contributed by atoms with Gasteiger partial charge in [0.25, 0.3) is 0 Å². The summed E-state index contributed by atoms with van der Waals surface area (Å²) in [5, 5.41) is 22.8. The van der Waals surface area contributed by atoms with Crippen LogP contribution >= 0.6 is 0 Å². The molecule has 0 aliphatic carbocycles. The fourth-order valence-corrected chi connectivity index (χ4v) is 8.45. The number of alkyl carbamates (subject to hydrolysis) is 1. The molecule has 25 heteroatoms. The predicted octanol–water partition coefficient (Wildman–Crippen LogP) is 6.83. The van der Waals surface area contributed by atoms with Crippen LogP contribution in [0.1, 0.15) is 154 Å². The van der Waals surface area contributed by atoms with Gasteiger partial charge in [0.2, 0.25) is 23.6 Å². The van der Waals surface area contributed by atoms with Crippen molar-refractivity contribution in [2.45, 2.75) is 174 Å². The zero-order valence-corrected chi connectivity index (χ0v) is 54.4. The Kier molecular flexibility index (Phi) is 49.1. The van der Waals surface area contributed by atoms with Crippen LogP contribution in [0.3, 0.4) is 0 Å². The summed E-state index contributed by atoms with van der Waals surface area (Å²) in [4.78, 5) is 98.2. The van der Waals surface area contributed by atoms with Crippen LogP contribution in [0.5, 0.6) is 0 Å². The van der Waals surface area contributed by atoms with Crippen LogP contribution in [-0.2, 0) is 98.9 Å². The number of carbonyl (C=O) groups is 8. The van der Waals surface area contributed by atoms with E-state index >= 15 is 0 Å². The molecule has 25 nitrogen and oxygen atoms in total. The van der Waals surface area contributed by atoms with Gasteiger partial charge in [0.1, 0.15) is 30.9 Å². The van der Waals surface area contributed by atoms with Crippen LogP contribution in [0.15, 0.2) is 60.7 Å². The second-order valence-electron chi connectivity index (χ2n) is 22.4. The van der Waals surface area contributed by atoms with E-state index in [1.807, 2.05) is 60.7 Å². The SMILES string of the molecule is CC(C)(C)OC(=O)N[C@@H](CCCCNC(=O)CCOCCOCCOCCOCCNC(=O)CCOCCOCCOCCOCCNC(=O)CC[C@H](NC(=O)CCCCCCCCCCCCC(=O)OCc1ccccc1)C(=O)OCc1ccccc1)C(=O)O. The van der Waals surface area contributed by atoms with Gasteiger partial charge in [0.05, 0.1) is 106 Å². The number of carboxylic acid groups (broad SMARTS) is 1. The Bertz CT molecular complexity index is 2230. The van der Waals surface area contributed by atoms with Gasteiger partial charge in [-0.1, -0.05) is 112 Å². The number of ether oxygens (including phenoxy) is 11. The molecule has 0 aliphatic heterocycles. The molecule has 0 aliphatic rings. The van der Waals surface area contributed by atoms with Crippen LogP contribution in [0.4, 0.5) is 4.79 Å². The summed E-state index contributed by atoms with van der Waals surface area (Å²) in [6, 6.07) is 16.9. The van der Waals surface area contributed by atoms with E-state index < -0.39 is 35.7 Å². The van der Waals surface area contributed by atoms with E-state index in [9.17, 15) is 43.5 Å². The van der Waals surface area contributed by atoms with Crippen LogP contribution in [0, 0.1) is 0 Å². The number of aliphatic carboxylic acids is 1. The highest BCUT2D eigenvalue weighted by molar-refractivity contribution is 5.85. The van der Waals surface area contributed by atoms with Crippen molar-refractivity contribution in [3.63, 3.8) is 0 Å². The van der Waals surface area contributed by atoms with Crippen molar-refractivity contribution in [2.75, 3.05) is 125 Å². The van der Waals surface area contributed by atoms with Crippen molar-refractivity contribution in [2.24, 2.45) is 0 Å². The molecule has 0 unspecified atom stereocenters. The van der Waals surface area contributed by atoms with Gasteiger partial charge in [-0.25, -0.2) is 14.4 Å². The number of carboxylic acids is 1. The van der Waals surface area contributed by atoms with Crippen molar-refractivity contribution >= 4 is 47.6 Å². The second-order valence-corrected chi connectivity index (χ2v) is 22.4. The first kappa shape index (κ1) is 80.8. The number of hydrogen-bond acceptors (Lipinski definition) is 19. The summed E-state index contributed by atoms with van der Waals surface area (Å²) in [5.74, 6) is -2.76. The maximum absolute atomic E-state index is 13.1. The quantitative estimate of drug-likeness (QED) is 0.0224. The summed E-state index contributed by atoms with van der Waals surface area (Å²) < 4.78 is 60.0. The third-order valence-corrected chi connectivity index (χ3v) is 13.3.